The van der Waals surface area contributed by atoms with E-state index in [4.69, 9.17) is 5.11 Å². The van der Waals surface area contributed by atoms with Crippen LogP contribution in [0.1, 0.15) is 51.1 Å². The second-order valence-corrected chi connectivity index (χ2v) is 5.52. The van der Waals surface area contributed by atoms with Crippen molar-refractivity contribution < 1.29 is 5.11 Å². The molecule has 102 valence electrons. The van der Waals surface area contributed by atoms with E-state index < -0.39 is 0 Å². The fourth-order valence-electron chi connectivity index (χ4n) is 2.57. The molecule has 1 aliphatic carbocycles. The first kappa shape index (κ1) is 13.5. The molecular formula is C13H24N4O. The second-order valence-electron chi connectivity index (χ2n) is 5.52. The van der Waals surface area contributed by atoms with Gasteiger partial charge in [-0.1, -0.05) is 24.5 Å². The minimum absolute atomic E-state index is 0.200. The fraction of sp³-hybridized carbons (Fsp3) is 0.846. The Morgan fingerprint density at radius 2 is 2.17 bits per heavy atom. The van der Waals surface area contributed by atoms with Crippen molar-refractivity contribution in [2.45, 2.75) is 64.1 Å². The summed E-state index contributed by atoms with van der Waals surface area (Å²) < 4.78 is 1.80. The van der Waals surface area contributed by atoms with Crippen LogP contribution in [0.2, 0.25) is 0 Å². The lowest BCUT2D eigenvalue weighted by molar-refractivity contribution is 0.251. The summed E-state index contributed by atoms with van der Waals surface area (Å²) in [6, 6.07) is 0. The number of nitrogens with one attached hydrogen (secondary N) is 1. The number of hydrogen-bond acceptors (Lipinski definition) is 4. The Hall–Kier alpha value is -0.940. The number of rotatable bonds is 6. The monoisotopic (exact) mass is 252 g/mol. The van der Waals surface area contributed by atoms with Gasteiger partial charge in [-0.25, -0.2) is 0 Å². The van der Waals surface area contributed by atoms with Crippen LogP contribution in [0.3, 0.4) is 0 Å². The standard InChI is InChI=1S/C13H24N4O/c1-13(6-3-2-4-7-13)14-10-12-11-17(16-15-12)8-5-9-18/h11,14,18H,2-10H2,1H3. The van der Waals surface area contributed by atoms with Crippen molar-refractivity contribution >= 4 is 0 Å². The Morgan fingerprint density at radius 3 is 2.89 bits per heavy atom. The Morgan fingerprint density at radius 1 is 1.39 bits per heavy atom. The summed E-state index contributed by atoms with van der Waals surface area (Å²) in [5.74, 6) is 0. The van der Waals surface area contributed by atoms with E-state index in [1.54, 1.807) is 4.68 Å². The van der Waals surface area contributed by atoms with E-state index >= 15 is 0 Å². The Labute approximate surface area is 109 Å². The topological polar surface area (TPSA) is 63.0 Å². The molecule has 0 atom stereocenters. The molecule has 0 spiro atoms. The van der Waals surface area contributed by atoms with Gasteiger partial charge < -0.3 is 10.4 Å². The zero-order valence-corrected chi connectivity index (χ0v) is 11.2. The zero-order chi connectivity index (χ0) is 12.8. The van der Waals surface area contributed by atoms with Gasteiger partial charge in [-0.15, -0.1) is 5.10 Å². The molecular weight excluding hydrogens is 228 g/mol. The SMILES string of the molecule is CC1(NCc2cn(CCCO)nn2)CCCCC1. The van der Waals surface area contributed by atoms with E-state index in [1.165, 1.54) is 32.1 Å². The van der Waals surface area contributed by atoms with Crippen LogP contribution < -0.4 is 5.32 Å². The van der Waals surface area contributed by atoms with E-state index in [1.807, 2.05) is 6.20 Å². The minimum Gasteiger partial charge on any atom is -0.396 e. The van der Waals surface area contributed by atoms with Crippen molar-refractivity contribution in [1.29, 1.82) is 0 Å². The Balaban J connectivity index is 1.80. The summed E-state index contributed by atoms with van der Waals surface area (Å²) in [4.78, 5) is 0. The van der Waals surface area contributed by atoms with Crippen LogP contribution in [0, 0.1) is 0 Å². The molecule has 1 aromatic heterocycles. The molecule has 1 saturated carbocycles. The third kappa shape index (κ3) is 3.78. The molecule has 2 rings (SSSR count). The van der Waals surface area contributed by atoms with Crippen LogP contribution in [0.15, 0.2) is 6.20 Å². The van der Waals surface area contributed by atoms with E-state index in [9.17, 15) is 0 Å². The van der Waals surface area contributed by atoms with Gasteiger partial charge in [0, 0.05) is 31.4 Å². The number of aryl methyl sites for hydroxylation is 1. The fourth-order valence-corrected chi connectivity index (χ4v) is 2.57. The summed E-state index contributed by atoms with van der Waals surface area (Å²) in [7, 11) is 0. The van der Waals surface area contributed by atoms with Crippen molar-refractivity contribution in [2.24, 2.45) is 0 Å². The average molecular weight is 252 g/mol. The molecule has 0 saturated heterocycles. The van der Waals surface area contributed by atoms with Crippen molar-refractivity contribution in [1.82, 2.24) is 20.3 Å². The molecule has 5 nitrogen and oxygen atoms in total. The maximum absolute atomic E-state index is 8.77. The molecule has 1 aliphatic rings. The molecule has 0 aromatic carbocycles. The van der Waals surface area contributed by atoms with Crippen LogP contribution in [0.4, 0.5) is 0 Å². The molecule has 0 radical (unpaired) electrons. The summed E-state index contributed by atoms with van der Waals surface area (Å²) in [6.07, 6.45) is 9.23. The van der Waals surface area contributed by atoms with Crippen LogP contribution in [0.5, 0.6) is 0 Å². The minimum atomic E-state index is 0.200. The summed E-state index contributed by atoms with van der Waals surface area (Å²) in [5, 5.41) is 20.6. The summed E-state index contributed by atoms with van der Waals surface area (Å²) in [6.45, 7) is 4.03. The van der Waals surface area contributed by atoms with Gasteiger partial charge in [-0.2, -0.15) is 0 Å². The van der Waals surface area contributed by atoms with Gasteiger partial charge in [0.15, 0.2) is 0 Å². The third-order valence-corrected chi connectivity index (χ3v) is 3.78. The third-order valence-electron chi connectivity index (χ3n) is 3.78. The van der Waals surface area contributed by atoms with Crippen LogP contribution >= 0.6 is 0 Å². The second kappa shape index (κ2) is 6.29. The van der Waals surface area contributed by atoms with E-state index in [0.29, 0.717) is 0 Å². The van der Waals surface area contributed by atoms with Crippen molar-refractivity contribution in [3.05, 3.63) is 11.9 Å². The Kier molecular flexibility index (Phi) is 4.72. The number of aliphatic hydroxyl groups is 1. The molecule has 18 heavy (non-hydrogen) atoms. The largest absolute Gasteiger partial charge is 0.396 e. The van der Waals surface area contributed by atoms with Gasteiger partial charge in [-0.05, 0) is 26.2 Å². The predicted octanol–water partition coefficient (Wildman–Crippen LogP) is 1.47. The number of hydrogen-bond donors (Lipinski definition) is 2. The van der Waals surface area contributed by atoms with Crippen molar-refractivity contribution in [3.8, 4) is 0 Å². The van der Waals surface area contributed by atoms with Gasteiger partial charge in [0.2, 0.25) is 0 Å². The predicted molar refractivity (Wildman–Crippen MR) is 70.1 cm³/mol. The van der Waals surface area contributed by atoms with E-state index in [0.717, 1.165) is 25.2 Å². The molecule has 0 bridgehead atoms. The van der Waals surface area contributed by atoms with Crippen LogP contribution in [0.25, 0.3) is 0 Å². The normalized spacial score (nSPS) is 19.0. The molecule has 5 heteroatoms. The lowest BCUT2D eigenvalue weighted by Gasteiger charge is -2.34. The van der Waals surface area contributed by atoms with Gasteiger partial charge in [-0.3, -0.25) is 4.68 Å². The van der Waals surface area contributed by atoms with E-state index in [2.05, 4.69) is 22.6 Å². The average Bonchev–Trinajstić information content (AvgIpc) is 2.83. The number of aliphatic hydroxyl groups excluding tert-OH is 1. The van der Waals surface area contributed by atoms with Crippen molar-refractivity contribution in [3.63, 3.8) is 0 Å². The maximum atomic E-state index is 8.77. The first-order valence-corrected chi connectivity index (χ1v) is 6.97. The van der Waals surface area contributed by atoms with Crippen LogP contribution in [-0.2, 0) is 13.1 Å². The van der Waals surface area contributed by atoms with Crippen LogP contribution in [-0.4, -0.2) is 32.2 Å². The van der Waals surface area contributed by atoms with E-state index in [-0.39, 0.29) is 12.1 Å². The maximum Gasteiger partial charge on any atom is 0.0965 e. The number of nitrogens with zero attached hydrogens (tertiary/aromatic N) is 3. The smallest absolute Gasteiger partial charge is 0.0965 e. The lowest BCUT2D eigenvalue weighted by Crippen LogP contribution is -2.43. The summed E-state index contributed by atoms with van der Waals surface area (Å²) in [5.41, 5.74) is 1.26. The quantitative estimate of drug-likeness (QED) is 0.805. The van der Waals surface area contributed by atoms with Gasteiger partial charge >= 0.3 is 0 Å². The molecule has 2 N–H and O–H groups in total. The highest BCUT2D eigenvalue weighted by atomic mass is 16.3. The highest BCUT2D eigenvalue weighted by molar-refractivity contribution is 4.95. The highest BCUT2D eigenvalue weighted by Gasteiger charge is 2.25. The molecule has 1 aromatic rings. The highest BCUT2D eigenvalue weighted by Crippen LogP contribution is 2.27. The molecule has 1 fully saturated rings. The Bertz CT molecular complexity index is 358. The van der Waals surface area contributed by atoms with Crippen molar-refractivity contribution in [2.75, 3.05) is 6.61 Å². The summed E-state index contributed by atoms with van der Waals surface area (Å²) >= 11 is 0. The van der Waals surface area contributed by atoms with Gasteiger partial charge in [0.1, 0.15) is 0 Å². The lowest BCUT2D eigenvalue weighted by atomic mass is 9.83. The first-order valence-electron chi connectivity index (χ1n) is 6.97. The molecule has 0 unspecified atom stereocenters. The molecule has 1 heterocycles. The zero-order valence-electron chi connectivity index (χ0n) is 11.2. The molecule has 0 amide bonds. The molecule has 0 aliphatic heterocycles. The van der Waals surface area contributed by atoms with Gasteiger partial charge in [0.25, 0.3) is 0 Å². The van der Waals surface area contributed by atoms with Gasteiger partial charge in [0.05, 0.1) is 5.69 Å². The first-order chi connectivity index (χ1) is 8.72. The number of aromatic nitrogens is 3.